The number of aliphatic carboxylic acids is 1. The highest BCUT2D eigenvalue weighted by Gasteiger charge is 2.34. The van der Waals surface area contributed by atoms with E-state index in [1.807, 2.05) is 0 Å². The Morgan fingerprint density at radius 1 is 1.50 bits per heavy atom. The Labute approximate surface area is 79.2 Å². The van der Waals surface area contributed by atoms with E-state index < -0.39 is 17.7 Å². The summed E-state index contributed by atoms with van der Waals surface area (Å²) >= 11 is 0. The number of carbonyl (C=O) groups is 2. The van der Waals surface area contributed by atoms with E-state index in [0.29, 0.717) is 11.1 Å². The van der Waals surface area contributed by atoms with Gasteiger partial charge in [-0.3, -0.25) is 9.59 Å². The Kier molecular flexibility index (Phi) is 1.84. The third-order valence-corrected chi connectivity index (χ3v) is 2.38. The molecule has 0 aromatic heterocycles. The number of halogens is 1. The second-order valence-electron chi connectivity index (χ2n) is 3.25. The van der Waals surface area contributed by atoms with Gasteiger partial charge in [0.25, 0.3) is 0 Å². The van der Waals surface area contributed by atoms with E-state index in [2.05, 4.69) is 0 Å². The fourth-order valence-electron chi connectivity index (χ4n) is 1.70. The summed E-state index contributed by atoms with van der Waals surface area (Å²) in [6.45, 7) is 0. The van der Waals surface area contributed by atoms with Crippen molar-refractivity contribution in [2.24, 2.45) is 0 Å². The van der Waals surface area contributed by atoms with E-state index in [1.54, 1.807) is 0 Å². The van der Waals surface area contributed by atoms with Gasteiger partial charge in [0.15, 0.2) is 5.78 Å². The van der Waals surface area contributed by atoms with Gasteiger partial charge in [-0.25, -0.2) is 4.39 Å². The highest BCUT2D eigenvalue weighted by atomic mass is 19.1. The third kappa shape index (κ3) is 1.19. The molecule has 1 aromatic rings. The maximum Gasteiger partial charge on any atom is 0.311 e. The molecule has 0 radical (unpaired) electrons. The van der Waals surface area contributed by atoms with Crippen molar-refractivity contribution < 1.29 is 19.1 Å². The molecule has 0 heterocycles. The number of fused-ring (bicyclic) bond motifs is 1. The van der Waals surface area contributed by atoms with E-state index in [-0.39, 0.29) is 12.2 Å². The fraction of sp³-hybridized carbons (Fsp3) is 0.200. The summed E-state index contributed by atoms with van der Waals surface area (Å²) in [5.74, 6) is -2.70. The van der Waals surface area contributed by atoms with Gasteiger partial charge in [0.2, 0.25) is 0 Å². The number of benzene rings is 1. The van der Waals surface area contributed by atoms with Crippen LogP contribution in [0.15, 0.2) is 18.2 Å². The van der Waals surface area contributed by atoms with Crippen molar-refractivity contribution in [3.63, 3.8) is 0 Å². The first-order valence-electron chi connectivity index (χ1n) is 4.15. The quantitative estimate of drug-likeness (QED) is 0.738. The van der Waals surface area contributed by atoms with Gasteiger partial charge < -0.3 is 5.11 Å². The number of rotatable bonds is 1. The van der Waals surface area contributed by atoms with E-state index in [0.717, 1.165) is 6.07 Å². The molecule has 0 aliphatic heterocycles. The van der Waals surface area contributed by atoms with E-state index >= 15 is 0 Å². The summed E-state index contributed by atoms with van der Waals surface area (Å²) in [7, 11) is 0. The molecule has 14 heavy (non-hydrogen) atoms. The minimum absolute atomic E-state index is 0.0614. The molecule has 0 spiro atoms. The number of ketones is 1. The molecular formula is C10H7FO3. The Morgan fingerprint density at radius 3 is 2.86 bits per heavy atom. The Bertz CT molecular complexity index is 425. The average molecular weight is 194 g/mol. The van der Waals surface area contributed by atoms with Crippen LogP contribution in [-0.4, -0.2) is 16.9 Å². The van der Waals surface area contributed by atoms with Crippen LogP contribution in [0.4, 0.5) is 4.39 Å². The molecule has 0 bridgehead atoms. The Balaban J connectivity index is 2.56. The average Bonchev–Trinajstić information content (AvgIpc) is 2.43. The van der Waals surface area contributed by atoms with Gasteiger partial charge in [-0.05, 0) is 23.8 Å². The number of carbonyl (C=O) groups excluding carboxylic acids is 1. The van der Waals surface area contributed by atoms with Crippen LogP contribution in [0, 0.1) is 5.82 Å². The lowest BCUT2D eigenvalue weighted by Crippen LogP contribution is -2.08. The summed E-state index contributed by atoms with van der Waals surface area (Å²) < 4.78 is 12.8. The molecule has 0 amide bonds. The smallest absolute Gasteiger partial charge is 0.311 e. The largest absolute Gasteiger partial charge is 0.481 e. The van der Waals surface area contributed by atoms with Crippen LogP contribution >= 0.6 is 0 Å². The molecule has 1 atom stereocenters. The first-order valence-corrected chi connectivity index (χ1v) is 4.15. The molecule has 0 saturated heterocycles. The maximum absolute atomic E-state index is 12.8. The van der Waals surface area contributed by atoms with Gasteiger partial charge in [0.1, 0.15) is 5.82 Å². The molecule has 4 heteroatoms. The van der Waals surface area contributed by atoms with Crippen LogP contribution in [-0.2, 0) is 4.79 Å². The predicted molar refractivity (Wildman–Crippen MR) is 45.7 cm³/mol. The van der Waals surface area contributed by atoms with Gasteiger partial charge in [-0.2, -0.15) is 0 Å². The molecule has 3 nitrogen and oxygen atoms in total. The van der Waals surface area contributed by atoms with E-state index in [1.165, 1.54) is 12.1 Å². The minimum atomic E-state index is -1.08. The van der Waals surface area contributed by atoms with Gasteiger partial charge >= 0.3 is 5.97 Å². The lowest BCUT2D eigenvalue weighted by atomic mass is 10.0. The summed E-state index contributed by atoms with van der Waals surface area (Å²) in [5, 5.41) is 8.79. The fourth-order valence-corrected chi connectivity index (χ4v) is 1.70. The zero-order valence-corrected chi connectivity index (χ0v) is 7.16. The minimum Gasteiger partial charge on any atom is -0.481 e. The monoisotopic (exact) mass is 194 g/mol. The maximum atomic E-state index is 12.8. The van der Waals surface area contributed by atoms with Crippen LogP contribution in [0.3, 0.4) is 0 Å². The second-order valence-corrected chi connectivity index (χ2v) is 3.25. The SMILES string of the molecule is O=C1C[C@H](C(=O)O)c2cc(F)ccc21. The number of carboxylic acids is 1. The third-order valence-electron chi connectivity index (χ3n) is 2.38. The zero-order valence-electron chi connectivity index (χ0n) is 7.16. The van der Waals surface area contributed by atoms with Crippen LogP contribution in [0.2, 0.25) is 0 Å². The van der Waals surface area contributed by atoms with Crippen LogP contribution in [0.5, 0.6) is 0 Å². The lowest BCUT2D eigenvalue weighted by Gasteiger charge is -2.03. The highest BCUT2D eigenvalue weighted by molar-refractivity contribution is 6.05. The first-order chi connectivity index (χ1) is 6.59. The van der Waals surface area contributed by atoms with Gasteiger partial charge in [-0.1, -0.05) is 0 Å². The molecule has 2 rings (SSSR count). The van der Waals surface area contributed by atoms with Gasteiger partial charge in [0.05, 0.1) is 5.92 Å². The number of hydrogen-bond acceptors (Lipinski definition) is 2. The molecule has 1 N–H and O–H groups in total. The molecule has 0 unspecified atom stereocenters. The van der Waals surface area contributed by atoms with Crippen molar-refractivity contribution in [2.75, 3.05) is 0 Å². The van der Waals surface area contributed by atoms with Crippen LogP contribution in [0.25, 0.3) is 0 Å². The second kappa shape index (κ2) is 2.90. The summed E-state index contributed by atoms with van der Waals surface area (Å²) in [6.07, 6.45) is -0.0614. The lowest BCUT2D eigenvalue weighted by molar-refractivity contribution is -0.138. The molecule has 1 aliphatic carbocycles. The van der Waals surface area contributed by atoms with Crippen LogP contribution in [0.1, 0.15) is 28.3 Å². The number of Topliss-reactive ketones (excluding diaryl/α,β-unsaturated/α-hetero) is 1. The zero-order chi connectivity index (χ0) is 10.3. The van der Waals surface area contributed by atoms with Crippen molar-refractivity contribution in [3.8, 4) is 0 Å². The van der Waals surface area contributed by atoms with Crippen molar-refractivity contribution in [2.45, 2.75) is 12.3 Å². The van der Waals surface area contributed by atoms with Crippen LogP contribution < -0.4 is 0 Å². The van der Waals surface area contributed by atoms with Crippen molar-refractivity contribution >= 4 is 11.8 Å². The van der Waals surface area contributed by atoms with Gasteiger partial charge in [-0.15, -0.1) is 0 Å². The summed E-state index contributed by atoms with van der Waals surface area (Å²) in [6, 6.07) is 3.63. The standard InChI is InChI=1S/C10H7FO3/c11-5-1-2-6-7(3-5)8(10(13)14)4-9(6)12/h1-3,8H,4H2,(H,13,14)/t8-/m0/s1. The molecule has 72 valence electrons. The Hall–Kier alpha value is -1.71. The van der Waals surface area contributed by atoms with Crippen molar-refractivity contribution in [3.05, 3.63) is 35.1 Å². The van der Waals surface area contributed by atoms with Crippen molar-refractivity contribution in [1.82, 2.24) is 0 Å². The summed E-state index contributed by atoms with van der Waals surface area (Å²) in [4.78, 5) is 22.1. The number of carboxylic acid groups (broad SMARTS) is 1. The Morgan fingerprint density at radius 2 is 2.21 bits per heavy atom. The van der Waals surface area contributed by atoms with Crippen molar-refractivity contribution in [1.29, 1.82) is 0 Å². The molecule has 1 aromatic carbocycles. The number of hydrogen-bond donors (Lipinski definition) is 1. The normalized spacial score (nSPS) is 19.5. The highest BCUT2D eigenvalue weighted by Crippen LogP contribution is 2.33. The summed E-state index contributed by atoms with van der Waals surface area (Å²) in [5.41, 5.74) is 0.626. The molecule has 1 aliphatic rings. The van der Waals surface area contributed by atoms with E-state index in [9.17, 15) is 14.0 Å². The first kappa shape index (κ1) is 8.87. The van der Waals surface area contributed by atoms with E-state index in [4.69, 9.17) is 5.11 Å². The molecule has 0 fully saturated rings. The molecule has 0 saturated carbocycles. The predicted octanol–water partition coefficient (Wildman–Crippen LogP) is 1.58. The van der Waals surface area contributed by atoms with Gasteiger partial charge in [0, 0.05) is 12.0 Å². The topological polar surface area (TPSA) is 54.4 Å². The molecular weight excluding hydrogens is 187 g/mol.